The Morgan fingerprint density at radius 1 is 1.40 bits per heavy atom. The van der Waals surface area contributed by atoms with Crippen LogP contribution in [0.2, 0.25) is 0 Å². The zero-order chi connectivity index (χ0) is 11.7. The molecule has 0 spiro atoms. The van der Waals surface area contributed by atoms with Crippen molar-refractivity contribution < 1.29 is 24.9 Å². The van der Waals surface area contributed by atoms with Crippen LogP contribution in [-0.2, 0) is 4.74 Å². The monoisotopic (exact) mass is 214 g/mol. The summed E-state index contributed by atoms with van der Waals surface area (Å²) in [6.07, 6.45) is 0. The number of hydrogen-bond acceptors (Lipinski definition) is 4. The van der Waals surface area contributed by atoms with Crippen molar-refractivity contribution in [3.05, 3.63) is 29.8 Å². The molecule has 15 heavy (non-hydrogen) atoms. The van der Waals surface area contributed by atoms with Crippen LogP contribution in [0.15, 0.2) is 24.3 Å². The Hall–Kier alpha value is -1.59. The van der Waals surface area contributed by atoms with Gasteiger partial charge >= 0.3 is 5.97 Å². The van der Waals surface area contributed by atoms with Gasteiger partial charge in [0, 0.05) is 7.11 Å². The Morgan fingerprint density at radius 2 is 2.00 bits per heavy atom. The summed E-state index contributed by atoms with van der Waals surface area (Å²) in [5.74, 6) is -1.31. The molecule has 0 amide bonds. The van der Waals surface area contributed by atoms with Gasteiger partial charge in [-0.05, 0) is 12.1 Å². The summed E-state index contributed by atoms with van der Waals surface area (Å²) < 4.78 is 4.44. The van der Waals surface area contributed by atoms with E-state index < -0.39 is 5.97 Å². The van der Waals surface area contributed by atoms with Gasteiger partial charge in [-0.2, -0.15) is 0 Å². The van der Waals surface area contributed by atoms with Gasteiger partial charge in [0.25, 0.3) is 0 Å². The highest BCUT2D eigenvalue weighted by molar-refractivity contribution is 5.90. The van der Waals surface area contributed by atoms with Crippen LogP contribution in [0.5, 0.6) is 5.75 Å². The second kappa shape index (κ2) is 7.78. The fourth-order valence-corrected chi connectivity index (χ4v) is 0.746. The first kappa shape index (κ1) is 13.4. The number of phenols is 1. The number of aliphatic hydroxyl groups excluding tert-OH is 1. The molecule has 0 aromatic heterocycles. The van der Waals surface area contributed by atoms with E-state index >= 15 is 0 Å². The highest BCUT2D eigenvalue weighted by atomic mass is 16.5. The van der Waals surface area contributed by atoms with Crippen LogP contribution in [-0.4, -0.2) is 41.6 Å². The van der Waals surface area contributed by atoms with Crippen molar-refractivity contribution in [3.63, 3.8) is 0 Å². The molecule has 0 atom stereocenters. The fourth-order valence-electron chi connectivity index (χ4n) is 0.746. The molecule has 1 rings (SSSR count). The maximum absolute atomic E-state index is 10.3. The fraction of sp³-hybridized carbons (Fsp3) is 0.300. The van der Waals surface area contributed by atoms with Gasteiger partial charge in [-0.25, -0.2) is 4.79 Å². The Kier molecular flexibility index (Phi) is 6.96. The normalized spacial score (nSPS) is 8.93. The topological polar surface area (TPSA) is 87.0 Å². The molecule has 0 bridgehead atoms. The lowest BCUT2D eigenvalue weighted by molar-refractivity contribution is 0.0693. The van der Waals surface area contributed by atoms with E-state index in [4.69, 9.17) is 15.3 Å². The van der Waals surface area contributed by atoms with E-state index in [9.17, 15) is 4.79 Å². The first-order chi connectivity index (χ1) is 7.13. The second-order valence-electron chi connectivity index (χ2n) is 2.54. The first-order valence-corrected chi connectivity index (χ1v) is 4.24. The maximum atomic E-state index is 10.3. The van der Waals surface area contributed by atoms with Crippen LogP contribution in [0.3, 0.4) is 0 Å². The standard InChI is InChI=1S/C7H6O3.C3H8O2/c8-6-4-2-1-3-5(6)7(9)10;1-5-3-2-4/h1-4,8H,(H,9,10);4H,2-3H2,1H3. The quantitative estimate of drug-likeness (QED) is 0.690. The van der Waals surface area contributed by atoms with Crippen LogP contribution < -0.4 is 0 Å². The Balaban J connectivity index is 0.000000336. The van der Waals surface area contributed by atoms with Crippen LogP contribution >= 0.6 is 0 Å². The van der Waals surface area contributed by atoms with E-state index in [1.54, 1.807) is 19.2 Å². The predicted octanol–water partition coefficient (Wildman–Crippen LogP) is 0.716. The molecule has 0 unspecified atom stereocenters. The number of aromatic carboxylic acids is 1. The third kappa shape index (κ3) is 5.66. The number of carboxylic acid groups (broad SMARTS) is 1. The number of aromatic hydroxyl groups is 1. The van der Waals surface area contributed by atoms with Crippen molar-refractivity contribution in [1.82, 2.24) is 0 Å². The molecular formula is C10H14O5. The summed E-state index contributed by atoms with van der Waals surface area (Å²) in [7, 11) is 1.55. The van der Waals surface area contributed by atoms with Gasteiger partial charge in [0.2, 0.25) is 0 Å². The number of benzene rings is 1. The van der Waals surface area contributed by atoms with Crippen LogP contribution in [0, 0.1) is 0 Å². The van der Waals surface area contributed by atoms with Crippen molar-refractivity contribution in [2.75, 3.05) is 20.3 Å². The second-order valence-corrected chi connectivity index (χ2v) is 2.54. The summed E-state index contributed by atoms with van der Waals surface area (Å²) in [6.45, 7) is 0.566. The Labute approximate surface area is 87.6 Å². The average molecular weight is 214 g/mol. The summed E-state index contributed by atoms with van der Waals surface area (Å²) in [5, 5.41) is 25.2. The molecule has 0 aliphatic heterocycles. The SMILES string of the molecule is COCCO.O=C(O)c1ccccc1O. The lowest BCUT2D eigenvalue weighted by Gasteiger charge is -1.95. The van der Waals surface area contributed by atoms with Crippen molar-refractivity contribution in [3.8, 4) is 5.75 Å². The molecule has 3 N–H and O–H groups in total. The van der Waals surface area contributed by atoms with E-state index in [0.29, 0.717) is 6.61 Å². The van der Waals surface area contributed by atoms with Gasteiger partial charge in [-0.3, -0.25) is 0 Å². The van der Waals surface area contributed by atoms with Crippen molar-refractivity contribution in [2.45, 2.75) is 0 Å². The van der Waals surface area contributed by atoms with E-state index in [-0.39, 0.29) is 17.9 Å². The van der Waals surface area contributed by atoms with Crippen molar-refractivity contribution in [1.29, 1.82) is 0 Å². The third-order valence-corrected chi connectivity index (χ3v) is 1.43. The molecule has 0 aliphatic carbocycles. The number of hydrogen-bond donors (Lipinski definition) is 3. The van der Waals surface area contributed by atoms with Gasteiger partial charge in [0.05, 0.1) is 13.2 Å². The lowest BCUT2D eigenvalue weighted by atomic mass is 10.2. The third-order valence-electron chi connectivity index (χ3n) is 1.43. The summed E-state index contributed by atoms with van der Waals surface area (Å²) >= 11 is 0. The van der Waals surface area contributed by atoms with Gasteiger partial charge in [0.1, 0.15) is 11.3 Å². The molecule has 0 radical (unpaired) electrons. The maximum Gasteiger partial charge on any atom is 0.339 e. The van der Waals surface area contributed by atoms with Gasteiger partial charge < -0.3 is 20.1 Å². The smallest absolute Gasteiger partial charge is 0.339 e. The molecule has 5 nitrogen and oxygen atoms in total. The van der Waals surface area contributed by atoms with Crippen LogP contribution in [0.25, 0.3) is 0 Å². The number of carboxylic acids is 1. The molecule has 0 heterocycles. The number of para-hydroxylation sites is 1. The summed E-state index contributed by atoms with van der Waals surface area (Å²) in [6, 6.07) is 5.81. The first-order valence-electron chi connectivity index (χ1n) is 4.24. The minimum atomic E-state index is -1.11. The van der Waals surface area contributed by atoms with E-state index in [1.165, 1.54) is 12.1 Å². The zero-order valence-corrected chi connectivity index (χ0v) is 8.38. The molecule has 1 aromatic rings. The minimum Gasteiger partial charge on any atom is -0.507 e. The number of carbonyl (C=O) groups is 1. The average Bonchev–Trinajstić information content (AvgIpc) is 2.20. The molecule has 84 valence electrons. The lowest BCUT2D eigenvalue weighted by Crippen LogP contribution is -1.95. The number of ether oxygens (including phenoxy) is 1. The zero-order valence-electron chi connectivity index (χ0n) is 8.38. The van der Waals surface area contributed by atoms with Gasteiger partial charge in [-0.15, -0.1) is 0 Å². The summed E-state index contributed by atoms with van der Waals surface area (Å²) in [4.78, 5) is 10.3. The van der Waals surface area contributed by atoms with E-state index in [2.05, 4.69) is 4.74 Å². The summed E-state index contributed by atoms with van der Waals surface area (Å²) in [5.41, 5.74) is -0.0671. The Morgan fingerprint density at radius 3 is 2.27 bits per heavy atom. The molecule has 1 aromatic carbocycles. The largest absolute Gasteiger partial charge is 0.507 e. The predicted molar refractivity (Wildman–Crippen MR) is 54.0 cm³/mol. The van der Waals surface area contributed by atoms with E-state index in [0.717, 1.165) is 0 Å². The molecular weight excluding hydrogens is 200 g/mol. The number of rotatable bonds is 3. The number of aliphatic hydroxyl groups is 1. The highest BCUT2D eigenvalue weighted by Crippen LogP contribution is 2.14. The van der Waals surface area contributed by atoms with Crippen molar-refractivity contribution in [2.24, 2.45) is 0 Å². The molecule has 0 saturated carbocycles. The van der Waals surface area contributed by atoms with Gasteiger partial charge in [0.15, 0.2) is 0 Å². The molecule has 5 heteroatoms. The number of methoxy groups -OCH3 is 1. The van der Waals surface area contributed by atoms with Gasteiger partial charge in [-0.1, -0.05) is 12.1 Å². The van der Waals surface area contributed by atoms with E-state index in [1.807, 2.05) is 0 Å². The van der Waals surface area contributed by atoms with Crippen LogP contribution in [0.1, 0.15) is 10.4 Å². The highest BCUT2D eigenvalue weighted by Gasteiger charge is 2.05. The molecule has 0 fully saturated rings. The Bertz CT molecular complexity index is 296. The van der Waals surface area contributed by atoms with Crippen molar-refractivity contribution >= 4 is 5.97 Å². The minimum absolute atomic E-state index is 0.0671. The van der Waals surface area contributed by atoms with Crippen LogP contribution in [0.4, 0.5) is 0 Å². The molecule has 0 saturated heterocycles. The molecule has 0 aliphatic rings.